The van der Waals surface area contributed by atoms with E-state index < -0.39 is 6.09 Å². The van der Waals surface area contributed by atoms with E-state index in [1.807, 2.05) is 0 Å². The predicted octanol–water partition coefficient (Wildman–Crippen LogP) is 4.33. The van der Waals surface area contributed by atoms with Crippen molar-refractivity contribution in [2.45, 2.75) is 38.4 Å². The number of nitrogens with one attached hydrogen (secondary N) is 2. The average Bonchev–Trinajstić information content (AvgIpc) is 3.18. The molecule has 0 spiro atoms. The Hall–Kier alpha value is -2.85. The van der Waals surface area contributed by atoms with Crippen molar-refractivity contribution in [3.63, 3.8) is 0 Å². The van der Waals surface area contributed by atoms with E-state index in [0.717, 1.165) is 29.5 Å². The van der Waals surface area contributed by atoms with Gasteiger partial charge in [-0.25, -0.2) is 9.78 Å². The summed E-state index contributed by atoms with van der Waals surface area (Å²) in [6.45, 7) is 2.06. The molecule has 0 atom stereocenters. The molecule has 2 N–H and O–H groups in total. The Kier molecular flexibility index (Phi) is 7.34. The molecule has 0 bridgehead atoms. The Morgan fingerprint density at radius 3 is 2.76 bits per heavy atom. The quantitative estimate of drug-likeness (QED) is 0.515. The van der Waals surface area contributed by atoms with Crippen molar-refractivity contribution in [2.24, 2.45) is 0 Å². The van der Waals surface area contributed by atoms with Crippen LogP contribution >= 0.6 is 23.1 Å². The minimum absolute atomic E-state index is 0.0765. The van der Waals surface area contributed by atoms with Crippen LogP contribution in [0, 0.1) is 0 Å². The summed E-state index contributed by atoms with van der Waals surface area (Å²) in [6.07, 6.45) is 3.84. The first-order valence-corrected chi connectivity index (χ1v) is 12.8. The lowest BCUT2D eigenvalue weighted by Gasteiger charge is -2.16. The van der Waals surface area contributed by atoms with E-state index in [4.69, 9.17) is 4.74 Å². The van der Waals surface area contributed by atoms with Crippen molar-refractivity contribution in [1.29, 1.82) is 0 Å². The van der Waals surface area contributed by atoms with Crippen LogP contribution in [0.25, 0.3) is 10.2 Å². The maximum absolute atomic E-state index is 12.6. The van der Waals surface area contributed by atoms with Crippen LogP contribution in [0.5, 0.6) is 0 Å². The molecule has 1 aliphatic rings. The molecule has 2 aromatic heterocycles. The van der Waals surface area contributed by atoms with Gasteiger partial charge in [-0.1, -0.05) is 0 Å². The van der Waals surface area contributed by atoms with Crippen LogP contribution in [0.1, 0.15) is 36.0 Å². The predicted molar refractivity (Wildman–Crippen MR) is 134 cm³/mol. The molecule has 0 aliphatic heterocycles. The van der Waals surface area contributed by atoms with Gasteiger partial charge in [0.05, 0.1) is 23.5 Å². The van der Waals surface area contributed by atoms with E-state index in [0.29, 0.717) is 29.6 Å². The maximum Gasteiger partial charge on any atom is 0.413 e. The molecule has 33 heavy (non-hydrogen) atoms. The molecule has 8 nitrogen and oxygen atoms in total. The normalized spacial score (nSPS) is 12.9. The molecule has 2 heterocycles. The first-order valence-electron chi connectivity index (χ1n) is 10.9. The van der Waals surface area contributed by atoms with Gasteiger partial charge in [0.2, 0.25) is 5.91 Å². The van der Waals surface area contributed by atoms with Gasteiger partial charge >= 0.3 is 6.09 Å². The van der Waals surface area contributed by atoms with Crippen molar-refractivity contribution in [2.75, 3.05) is 29.6 Å². The van der Waals surface area contributed by atoms with Gasteiger partial charge in [0.15, 0.2) is 0 Å². The standard InChI is InChI=1S/C23H26N4O4S2/c1-3-31-23(30)27(2)15-10-8-14(9-11-15)24-19(28)13-32-12-18-25-21(29)20-16-6-4-5-7-17(16)33-22(20)26-18/h8-11H,3-7,12-13H2,1-2H3,(H,24,28)(H,25,26,29). The van der Waals surface area contributed by atoms with Crippen LogP contribution in [-0.4, -0.2) is 41.4 Å². The number of H-pyrrole nitrogens is 1. The van der Waals surface area contributed by atoms with E-state index in [2.05, 4.69) is 15.3 Å². The van der Waals surface area contributed by atoms with Gasteiger partial charge in [-0.3, -0.25) is 14.5 Å². The van der Waals surface area contributed by atoms with E-state index in [1.165, 1.54) is 33.5 Å². The van der Waals surface area contributed by atoms with Crippen LogP contribution in [0.15, 0.2) is 29.1 Å². The van der Waals surface area contributed by atoms with Crippen molar-refractivity contribution >= 4 is 56.7 Å². The topological polar surface area (TPSA) is 104 Å². The Labute approximate surface area is 199 Å². The number of benzene rings is 1. The van der Waals surface area contributed by atoms with Gasteiger partial charge in [-0.15, -0.1) is 23.1 Å². The molecule has 0 fully saturated rings. The third-order valence-electron chi connectivity index (χ3n) is 5.43. The first-order chi connectivity index (χ1) is 16.0. The smallest absolute Gasteiger partial charge is 0.413 e. The summed E-state index contributed by atoms with van der Waals surface area (Å²) in [7, 11) is 1.63. The van der Waals surface area contributed by atoms with Crippen LogP contribution in [0.2, 0.25) is 0 Å². The zero-order valence-electron chi connectivity index (χ0n) is 18.6. The van der Waals surface area contributed by atoms with E-state index in [9.17, 15) is 14.4 Å². The highest BCUT2D eigenvalue weighted by atomic mass is 32.2. The fraction of sp³-hybridized carbons (Fsp3) is 0.391. The van der Waals surface area contributed by atoms with E-state index in [-0.39, 0.29) is 17.2 Å². The highest BCUT2D eigenvalue weighted by Gasteiger charge is 2.20. The molecular formula is C23H26N4O4S2. The number of hydrogen-bond acceptors (Lipinski definition) is 7. The number of carbonyl (C=O) groups excluding carboxylic acids is 2. The fourth-order valence-electron chi connectivity index (χ4n) is 3.81. The van der Waals surface area contributed by atoms with Crippen molar-refractivity contribution in [3.05, 3.63) is 50.9 Å². The van der Waals surface area contributed by atoms with Crippen molar-refractivity contribution in [1.82, 2.24) is 9.97 Å². The number of amides is 2. The number of hydrogen-bond donors (Lipinski definition) is 2. The summed E-state index contributed by atoms with van der Waals surface area (Å²) in [5.74, 6) is 1.12. The summed E-state index contributed by atoms with van der Waals surface area (Å²) >= 11 is 3.02. The molecule has 3 aromatic rings. The van der Waals surface area contributed by atoms with E-state index >= 15 is 0 Å². The largest absolute Gasteiger partial charge is 0.449 e. The van der Waals surface area contributed by atoms with Crippen LogP contribution in [0.4, 0.5) is 16.2 Å². The van der Waals surface area contributed by atoms with Crippen molar-refractivity contribution in [3.8, 4) is 0 Å². The van der Waals surface area contributed by atoms with Gasteiger partial charge in [0.25, 0.3) is 5.56 Å². The lowest BCUT2D eigenvalue weighted by atomic mass is 9.97. The number of aromatic amines is 1. The average molecular weight is 487 g/mol. The highest BCUT2D eigenvalue weighted by Crippen LogP contribution is 2.33. The molecule has 4 rings (SSSR count). The summed E-state index contributed by atoms with van der Waals surface area (Å²) < 4.78 is 4.97. The van der Waals surface area contributed by atoms with Gasteiger partial charge in [0, 0.05) is 23.3 Å². The fourth-order valence-corrected chi connectivity index (χ4v) is 5.78. The van der Waals surface area contributed by atoms with E-state index in [1.54, 1.807) is 49.6 Å². The monoisotopic (exact) mass is 486 g/mol. The Bertz CT molecular complexity index is 1220. The molecule has 10 heteroatoms. The summed E-state index contributed by atoms with van der Waals surface area (Å²) in [5, 5.41) is 3.59. The lowest BCUT2D eigenvalue weighted by molar-refractivity contribution is -0.113. The zero-order chi connectivity index (χ0) is 23.4. The zero-order valence-corrected chi connectivity index (χ0v) is 20.2. The van der Waals surface area contributed by atoms with Crippen LogP contribution < -0.4 is 15.8 Å². The number of aryl methyl sites for hydroxylation is 2. The van der Waals surface area contributed by atoms with Gasteiger partial charge in [-0.2, -0.15) is 0 Å². The number of fused-ring (bicyclic) bond motifs is 3. The van der Waals surface area contributed by atoms with Gasteiger partial charge in [-0.05, 0) is 62.4 Å². The third kappa shape index (κ3) is 5.39. The second kappa shape index (κ2) is 10.4. The minimum Gasteiger partial charge on any atom is -0.449 e. The molecule has 2 amide bonds. The second-order valence-corrected chi connectivity index (χ2v) is 9.82. The third-order valence-corrected chi connectivity index (χ3v) is 7.56. The summed E-state index contributed by atoms with van der Waals surface area (Å²) in [6, 6.07) is 6.95. The Morgan fingerprint density at radius 2 is 2.00 bits per heavy atom. The van der Waals surface area contributed by atoms with Gasteiger partial charge < -0.3 is 15.0 Å². The number of ether oxygens (including phenoxy) is 1. The Morgan fingerprint density at radius 1 is 1.24 bits per heavy atom. The highest BCUT2D eigenvalue weighted by molar-refractivity contribution is 7.99. The maximum atomic E-state index is 12.6. The second-order valence-electron chi connectivity index (χ2n) is 7.75. The molecule has 1 aliphatic carbocycles. The number of rotatable bonds is 7. The molecule has 0 saturated carbocycles. The molecule has 174 valence electrons. The molecule has 0 radical (unpaired) electrons. The summed E-state index contributed by atoms with van der Waals surface area (Å²) in [4.78, 5) is 47.8. The lowest BCUT2D eigenvalue weighted by Crippen LogP contribution is -2.26. The number of thioether (sulfide) groups is 1. The van der Waals surface area contributed by atoms with Crippen molar-refractivity contribution < 1.29 is 14.3 Å². The minimum atomic E-state index is -0.432. The van der Waals surface area contributed by atoms with Crippen LogP contribution in [-0.2, 0) is 28.1 Å². The number of aromatic nitrogens is 2. The van der Waals surface area contributed by atoms with Gasteiger partial charge in [0.1, 0.15) is 10.7 Å². The number of nitrogens with zero attached hydrogens (tertiary/aromatic N) is 2. The first kappa shape index (κ1) is 23.3. The Balaban J connectivity index is 1.31. The summed E-state index contributed by atoms with van der Waals surface area (Å²) in [5.41, 5.74) is 2.40. The number of carbonyl (C=O) groups is 2. The van der Waals surface area contributed by atoms with Crippen LogP contribution in [0.3, 0.4) is 0 Å². The SMILES string of the molecule is CCOC(=O)N(C)c1ccc(NC(=O)CSCc2nc3sc4c(c3c(=O)[nH]2)CCCC4)cc1. The number of thiophene rings is 1. The molecule has 1 aromatic carbocycles. The molecule has 0 saturated heterocycles. The molecule has 0 unspecified atom stereocenters. The number of anilines is 2. The molecular weight excluding hydrogens is 460 g/mol.